The van der Waals surface area contributed by atoms with Crippen LogP contribution in [0.2, 0.25) is 5.15 Å². The summed E-state index contributed by atoms with van der Waals surface area (Å²) >= 11 is 7.21. The third-order valence-corrected chi connectivity index (χ3v) is 6.06. The molecule has 7 heteroatoms. The number of anilines is 1. The van der Waals surface area contributed by atoms with Crippen molar-refractivity contribution in [3.05, 3.63) is 10.7 Å². The lowest BCUT2D eigenvalue weighted by Gasteiger charge is -2.34. The lowest BCUT2D eigenvalue weighted by molar-refractivity contribution is -0.126. The molecule has 2 aliphatic rings. The van der Waals surface area contributed by atoms with E-state index in [1.54, 1.807) is 0 Å². The Morgan fingerprint density at radius 2 is 2.09 bits per heavy atom. The number of carbonyl (C=O) groups excluding carboxylic acids is 1. The fraction of sp³-hybridized carbons (Fsp3) is 0.688. The second-order valence-corrected chi connectivity index (χ2v) is 7.50. The third-order valence-electron chi connectivity index (χ3n) is 4.78. The summed E-state index contributed by atoms with van der Waals surface area (Å²) in [5.74, 6) is 0.147. The summed E-state index contributed by atoms with van der Waals surface area (Å²) in [7, 11) is 0. The van der Waals surface area contributed by atoms with E-state index in [-0.39, 0.29) is 17.0 Å². The summed E-state index contributed by atoms with van der Waals surface area (Å²) in [5, 5.41) is 13.5. The zero-order valence-corrected chi connectivity index (χ0v) is 14.6. The van der Waals surface area contributed by atoms with Gasteiger partial charge in [0.25, 0.3) is 0 Å². The number of piperidine rings is 1. The molecular weight excluding hydrogens is 332 g/mol. The second kappa shape index (κ2) is 7.50. The van der Waals surface area contributed by atoms with Crippen molar-refractivity contribution in [3.8, 4) is 6.07 Å². The number of halogens is 1. The maximum atomic E-state index is 12.6. The Labute approximate surface area is 145 Å². The number of hydrogen-bond donors (Lipinski definition) is 1. The summed E-state index contributed by atoms with van der Waals surface area (Å²) in [6.45, 7) is 1.49. The van der Waals surface area contributed by atoms with Crippen molar-refractivity contribution in [1.29, 1.82) is 5.26 Å². The van der Waals surface area contributed by atoms with Crippen LogP contribution in [0.1, 0.15) is 50.5 Å². The normalized spacial score (nSPS) is 22.6. The number of nitriles is 1. The van der Waals surface area contributed by atoms with Crippen molar-refractivity contribution >= 4 is 34.0 Å². The third kappa shape index (κ3) is 3.78. The number of amides is 1. The van der Waals surface area contributed by atoms with E-state index in [1.807, 2.05) is 0 Å². The van der Waals surface area contributed by atoms with Crippen LogP contribution >= 0.6 is 23.1 Å². The van der Waals surface area contributed by atoms with Gasteiger partial charge >= 0.3 is 0 Å². The van der Waals surface area contributed by atoms with Gasteiger partial charge in [-0.1, -0.05) is 30.9 Å². The first-order valence-electron chi connectivity index (χ1n) is 8.29. The molecular formula is C16H21ClN4OS. The smallest absolute Gasteiger partial charge is 0.225 e. The molecule has 1 N–H and O–H groups in total. The first-order chi connectivity index (χ1) is 11.2. The maximum Gasteiger partial charge on any atom is 0.225 e. The van der Waals surface area contributed by atoms with Gasteiger partial charge in [0, 0.05) is 19.1 Å². The molecule has 1 amide bonds. The van der Waals surface area contributed by atoms with E-state index in [9.17, 15) is 10.1 Å². The predicted octanol–water partition coefficient (Wildman–Crippen LogP) is 3.33. The van der Waals surface area contributed by atoms with Gasteiger partial charge in [-0.25, -0.2) is 0 Å². The molecule has 2 heterocycles. The number of nitrogens with one attached hydrogen (secondary N) is 1. The fourth-order valence-electron chi connectivity index (χ4n) is 3.51. The van der Waals surface area contributed by atoms with Crippen molar-refractivity contribution in [3.63, 3.8) is 0 Å². The number of hydrogen-bond acceptors (Lipinski definition) is 5. The molecule has 2 fully saturated rings. The number of aromatic nitrogens is 1. The average molecular weight is 353 g/mol. The highest BCUT2D eigenvalue weighted by Crippen LogP contribution is 2.34. The molecule has 0 bridgehead atoms. The monoisotopic (exact) mass is 352 g/mol. The average Bonchev–Trinajstić information content (AvgIpc) is 2.96. The molecule has 0 radical (unpaired) electrons. The standard InChI is InChI=1S/C16H21ClN4OS/c17-14-13(9-18)16(23-20-14)21-8-4-5-11(10-21)15(22)19-12-6-2-1-3-7-12/h11-12H,1-8,10H2,(H,19,22)/t11-/m1/s1. The Hall–Kier alpha value is -1.32. The largest absolute Gasteiger partial charge is 0.360 e. The van der Waals surface area contributed by atoms with Crippen LogP contribution < -0.4 is 10.2 Å². The molecule has 3 rings (SSSR count). The molecule has 1 aromatic rings. The molecule has 1 aliphatic carbocycles. The maximum absolute atomic E-state index is 12.6. The van der Waals surface area contributed by atoms with Crippen molar-refractivity contribution < 1.29 is 4.79 Å². The van der Waals surface area contributed by atoms with Crippen molar-refractivity contribution in [2.75, 3.05) is 18.0 Å². The van der Waals surface area contributed by atoms with Crippen molar-refractivity contribution in [1.82, 2.24) is 9.69 Å². The number of nitrogens with zero attached hydrogens (tertiary/aromatic N) is 3. The summed E-state index contributed by atoms with van der Waals surface area (Å²) < 4.78 is 4.07. The van der Waals surface area contributed by atoms with E-state index in [2.05, 4.69) is 20.7 Å². The summed E-state index contributed by atoms with van der Waals surface area (Å²) in [6, 6.07) is 2.47. The SMILES string of the molecule is N#Cc1c(Cl)nsc1N1CCC[C@@H](C(=O)NC2CCCCC2)C1. The molecule has 1 aliphatic heterocycles. The Bertz CT molecular complexity index is 606. The van der Waals surface area contributed by atoms with Gasteiger partial charge in [0.1, 0.15) is 16.6 Å². The van der Waals surface area contributed by atoms with E-state index in [1.165, 1.54) is 30.8 Å². The highest BCUT2D eigenvalue weighted by molar-refractivity contribution is 7.10. The summed E-state index contributed by atoms with van der Waals surface area (Å²) in [4.78, 5) is 14.7. The van der Waals surface area contributed by atoms with Gasteiger partial charge in [0.15, 0.2) is 5.15 Å². The van der Waals surface area contributed by atoms with Gasteiger partial charge in [0.05, 0.1) is 5.92 Å². The van der Waals surface area contributed by atoms with Crippen LogP contribution in [0.25, 0.3) is 0 Å². The van der Waals surface area contributed by atoms with Crippen LogP contribution in [0, 0.1) is 17.2 Å². The Balaban J connectivity index is 1.63. The van der Waals surface area contributed by atoms with E-state index < -0.39 is 0 Å². The molecule has 1 saturated carbocycles. The lowest BCUT2D eigenvalue weighted by atomic mass is 9.93. The van der Waals surface area contributed by atoms with Crippen molar-refractivity contribution in [2.24, 2.45) is 5.92 Å². The molecule has 0 spiro atoms. The number of carbonyl (C=O) groups is 1. The molecule has 5 nitrogen and oxygen atoms in total. The minimum Gasteiger partial charge on any atom is -0.360 e. The van der Waals surface area contributed by atoms with Crippen LogP contribution in [0.5, 0.6) is 0 Å². The van der Waals surface area contributed by atoms with Crippen LogP contribution in [0.4, 0.5) is 5.00 Å². The molecule has 23 heavy (non-hydrogen) atoms. The Morgan fingerprint density at radius 3 is 2.83 bits per heavy atom. The number of rotatable bonds is 3. The zero-order valence-electron chi connectivity index (χ0n) is 13.1. The highest BCUT2D eigenvalue weighted by Gasteiger charge is 2.30. The van der Waals surface area contributed by atoms with E-state index in [4.69, 9.17) is 11.6 Å². The lowest BCUT2D eigenvalue weighted by Crippen LogP contribution is -2.46. The van der Waals surface area contributed by atoms with E-state index >= 15 is 0 Å². The molecule has 1 saturated heterocycles. The fourth-order valence-corrected chi connectivity index (χ4v) is 4.58. The second-order valence-electron chi connectivity index (χ2n) is 6.39. The van der Waals surface area contributed by atoms with Crippen LogP contribution in [0.3, 0.4) is 0 Å². The molecule has 0 aromatic carbocycles. The minimum atomic E-state index is -0.0157. The molecule has 1 atom stereocenters. The van der Waals surface area contributed by atoms with Gasteiger partial charge in [-0.3, -0.25) is 4.79 Å². The molecule has 1 aromatic heterocycles. The van der Waals surface area contributed by atoms with E-state index in [0.29, 0.717) is 18.2 Å². The van der Waals surface area contributed by atoms with Gasteiger partial charge < -0.3 is 10.2 Å². The summed E-state index contributed by atoms with van der Waals surface area (Å²) in [6.07, 6.45) is 7.77. The summed E-state index contributed by atoms with van der Waals surface area (Å²) in [5.41, 5.74) is 0.435. The zero-order chi connectivity index (χ0) is 16.2. The topological polar surface area (TPSA) is 69.0 Å². The van der Waals surface area contributed by atoms with Crippen LogP contribution in [-0.2, 0) is 4.79 Å². The Kier molecular flexibility index (Phi) is 5.39. The van der Waals surface area contributed by atoms with Gasteiger partial charge in [-0.2, -0.15) is 9.64 Å². The van der Waals surface area contributed by atoms with Crippen molar-refractivity contribution in [2.45, 2.75) is 51.0 Å². The molecule has 124 valence electrons. The van der Waals surface area contributed by atoms with Gasteiger partial charge in [-0.15, -0.1) is 0 Å². The van der Waals surface area contributed by atoms with Gasteiger partial charge in [0.2, 0.25) is 5.91 Å². The highest BCUT2D eigenvalue weighted by atomic mass is 35.5. The van der Waals surface area contributed by atoms with Gasteiger partial charge in [-0.05, 0) is 37.2 Å². The minimum absolute atomic E-state index is 0.0157. The van der Waals surface area contributed by atoms with Crippen LogP contribution in [0.15, 0.2) is 0 Å². The predicted molar refractivity (Wildman–Crippen MR) is 91.8 cm³/mol. The van der Waals surface area contributed by atoms with E-state index in [0.717, 1.165) is 37.2 Å². The Morgan fingerprint density at radius 1 is 1.30 bits per heavy atom. The van der Waals surface area contributed by atoms with Crippen LogP contribution in [-0.4, -0.2) is 29.4 Å². The first-order valence-corrected chi connectivity index (χ1v) is 9.44. The molecule has 0 unspecified atom stereocenters. The first kappa shape index (κ1) is 16.5. The quantitative estimate of drug-likeness (QED) is 0.905.